The first-order valence-corrected chi connectivity index (χ1v) is 9.03. The molecule has 2 heterocycles. The molecule has 2 aliphatic rings. The summed E-state index contributed by atoms with van der Waals surface area (Å²) < 4.78 is 11.5. The zero-order chi connectivity index (χ0) is 16.8. The Morgan fingerprint density at radius 1 is 1.42 bits per heavy atom. The molecule has 0 aromatic heterocycles. The van der Waals surface area contributed by atoms with Crippen LogP contribution in [-0.2, 0) is 9.53 Å². The number of nitrogens with zero attached hydrogens (tertiary/aromatic N) is 1. The van der Waals surface area contributed by atoms with Crippen molar-refractivity contribution >= 4 is 5.91 Å². The summed E-state index contributed by atoms with van der Waals surface area (Å²) >= 11 is 0. The minimum absolute atomic E-state index is 0.0585. The standard InChI is InChI=1S/C19H28N2O3/c1-15(9-11-23-17-7-3-2-4-8-17)19(22)20-12-18-13-21-10-5-6-16(21)14-24-18/h2-4,7-8,15-16,18H,5-6,9-14H2,1H3,(H,20,22)/t15-,16-,18-/m1/s1. The number of amides is 1. The van der Waals surface area contributed by atoms with Crippen molar-refractivity contribution in [1.82, 2.24) is 10.2 Å². The fraction of sp³-hybridized carbons (Fsp3) is 0.632. The predicted molar refractivity (Wildman–Crippen MR) is 93.1 cm³/mol. The molecule has 2 saturated heterocycles. The molecule has 0 spiro atoms. The zero-order valence-corrected chi connectivity index (χ0v) is 14.4. The number of para-hydroxylation sites is 1. The van der Waals surface area contributed by atoms with E-state index >= 15 is 0 Å². The molecule has 2 fully saturated rings. The van der Waals surface area contributed by atoms with E-state index in [1.54, 1.807) is 0 Å². The molecule has 1 N–H and O–H groups in total. The number of ether oxygens (including phenoxy) is 2. The van der Waals surface area contributed by atoms with E-state index in [4.69, 9.17) is 9.47 Å². The third kappa shape index (κ3) is 4.71. The Bertz CT molecular complexity index is 523. The average molecular weight is 332 g/mol. The van der Waals surface area contributed by atoms with Gasteiger partial charge in [-0.2, -0.15) is 0 Å². The van der Waals surface area contributed by atoms with Gasteiger partial charge in [0.1, 0.15) is 5.75 Å². The first-order valence-electron chi connectivity index (χ1n) is 9.03. The van der Waals surface area contributed by atoms with Crippen LogP contribution in [0.1, 0.15) is 26.2 Å². The predicted octanol–water partition coefficient (Wildman–Crippen LogP) is 2.07. The van der Waals surface area contributed by atoms with E-state index in [1.807, 2.05) is 37.3 Å². The lowest BCUT2D eigenvalue weighted by atomic mass is 10.1. The highest BCUT2D eigenvalue weighted by molar-refractivity contribution is 5.78. The zero-order valence-electron chi connectivity index (χ0n) is 14.4. The molecule has 5 nitrogen and oxygen atoms in total. The highest BCUT2D eigenvalue weighted by Crippen LogP contribution is 2.22. The Morgan fingerprint density at radius 3 is 3.08 bits per heavy atom. The maximum atomic E-state index is 12.2. The Morgan fingerprint density at radius 2 is 2.25 bits per heavy atom. The second kappa shape index (κ2) is 8.49. The van der Waals surface area contributed by atoms with Gasteiger partial charge in [0.15, 0.2) is 0 Å². The molecule has 0 radical (unpaired) electrons. The van der Waals surface area contributed by atoms with E-state index < -0.39 is 0 Å². The highest BCUT2D eigenvalue weighted by atomic mass is 16.5. The first kappa shape index (κ1) is 17.2. The number of hydrogen-bond acceptors (Lipinski definition) is 4. The summed E-state index contributed by atoms with van der Waals surface area (Å²) in [5, 5.41) is 3.03. The first-order chi connectivity index (χ1) is 11.7. The van der Waals surface area contributed by atoms with Crippen LogP contribution in [0.15, 0.2) is 30.3 Å². The lowest BCUT2D eigenvalue weighted by molar-refractivity contribution is -0.126. The average Bonchev–Trinajstić information content (AvgIpc) is 3.08. The van der Waals surface area contributed by atoms with Gasteiger partial charge in [0.05, 0.1) is 19.3 Å². The third-order valence-corrected chi connectivity index (χ3v) is 4.98. The number of carbonyl (C=O) groups excluding carboxylic acids is 1. The molecule has 0 aliphatic carbocycles. The summed E-state index contributed by atoms with van der Waals surface area (Å²) in [6.45, 7) is 6.02. The second-order valence-electron chi connectivity index (χ2n) is 6.84. The highest BCUT2D eigenvalue weighted by Gasteiger charge is 2.32. The number of nitrogens with one attached hydrogen (secondary N) is 1. The molecular weight excluding hydrogens is 304 g/mol. The fourth-order valence-corrected chi connectivity index (χ4v) is 3.40. The van der Waals surface area contributed by atoms with E-state index in [-0.39, 0.29) is 17.9 Å². The maximum absolute atomic E-state index is 12.2. The molecule has 1 amide bonds. The molecule has 0 saturated carbocycles. The van der Waals surface area contributed by atoms with Gasteiger partial charge in [-0.05, 0) is 37.9 Å². The van der Waals surface area contributed by atoms with Crippen molar-refractivity contribution in [2.24, 2.45) is 5.92 Å². The largest absolute Gasteiger partial charge is 0.494 e. The van der Waals surface area contributed by atoms with Gasteiger partial charge in [-0.1, -0.05) is 25.1 Å². The number of hydrogen-bond donors (Lipinski definition) is 1. The molecule has 1 aromatic carbocycles. The van der Waals surface area contributed by atoms with E-state index in [0.717, 1.165) is 18.9 Å². The molecule has 2 aliphatic heterocycles. The van der Waals surface area contributed by atoms with Gasteiger partial charge in [-0.15, -0.1) is 0 Å². The minimum atomic E-state index is -0.0585. The second-order valence-corrected chi connectivity index (χ2v) is 6.84. The van der Waals surface area contributed by atoms with E-state index in [2.05, 4.69) is 10.2 Å². The Labute approximate surface area is 144 Å². The van der Waals surface area contributed by atoms with Gasteiger partial charge in [-0.25, -0.2) is 0 Å². The summed E-state index contributed by atoms with van der Waals surface area (Å²) in [6.07, 6.45) is 3.35. The lowest BCUT2D eigenvalue weighted by Crippen LogP contribution is -2.50. The van der Waals surface area contributed by atoms with Crippen LogP contribution in [-0.4, -0.2) is 55.8 Å². The SMILES string of the molecule is C[C@H](CCOc1ccccc1)C(=O)NC[C@@H]1CN2CCC[C@@H]2CO1. The molecule has 5 heteroatoms. The van der Waals surface area contributed by atoms with Crippen LogP contribution in [0, 0.1) is 5.92 Å². The molecule has 3 atom stereocenters. The van der Waals surface area contributed by atoms with Gasteiger partial charge >= 0.3 is 0 Å². The van der Waals surface area contributed by atoms with Crippen LogP contribution in [0.4, 0.5) is 0 Å². The normalized spacial score (nSPS) is 25.0. The maximum Gasteiger partial charge on any atom is 0.223 e. The Hall–Kier alpha value is -1.59. The van der Waals surface area contributed by atoms with Crippen molar-refractivity contribution in [1.29, 1.82) is 0 Å². The van der Waals surface area contributed by atoms with Crippen molar-refractivity contribution < 1.29 is 14.3 Å². The summed E-state index contributed by atoms with van der Waals surface area (Å²) in [5.41, 5.74) is 0. The van der Waals surface area contributed by atoms with Crippen LogP contribution in [0.25, 0.3) is 0 Å². The quantitative estimate of drug-likeness (QED) is 0.830. The van der Waals surface area contributed by atoms with Gasteiger partial charge in [0.2, 0.25) is 5.91 Å². The van der Waals surface area contributed by atoms with Crippen molar-refractivity contribution in [3.63, 3.8) is 0 Å². The molecule has 0 bridgehead atoms. The monoisotopic (exact) mass is 332 g/mol. The van der Waals surface area contributed by atoms with E-state index in [9.17, 15) is 4.79 Å². The summed E-state index contributed by atoms with van der Waals surface area (Å²) in [5.74, 6) is 0.872. The third-order valence-electron chi connectivity index (χ3n) is 4.98. The molecule has 3 rings (SSSR count). The van der Waals surface area contributed by atoms with Crippen LogP contribution < -0.4 is 10.1 Å². The van der Waals surface area contributed by atoms with Crippen LogP contribution in [0.5, 0.6) is 5.75 Å². The van der Waals surface area contributed by atoms with Gasteiger partial charge < -0.3 is 14.8 Å². The van der Waals surface area contributed by atoms with Crippen LogP contribution in [0.3, 0.4) is 0 Å². The Balaban J connectivity index is 1.32. The van der Waals surface area contributed by atoms with E-state index in [0.29, 0.717) is 25.6 Å². The molecule has 1 aromatic rings. The fourth-order valence-electron chi connectivity index (χ4n) is 3.40. The number of fused-ring (bicyclic) bond motifs is 1. The number of morpholine rings is 1. The van der Waals surface area contributed by atoms with Gasteiger partial charge in [0.25, 0.3) is 0 Å². The van der Waals surface area contributed by atoms with Gasteiger partial charge in [-0.3, -0.25) is 9.69 Å². The van der Waals surface area contributed by atoms with Crippen LogP contribution in [0.2, 0.25) is 0 Å². The summed E-state index contributed by atoms with van der Waals surface area (Å²) in [4.78, 5) is 14.7. The number of benzene rings is 1. The van der Waals surface area contributed by atoms with Crippen molar-refractivity contribution in [3.8, 4) is 5.75 Å². The Kier molecular flexibility index (Phi) is 6.10. The molecule has 132 valence electrons. The molecule has 0 unspecified atom stereocenters. The van der Waals surface area contributed by atoms with Crippen molar-refractivity contribution in [2.45, 2.75) is 38.3 Å². The topological polar surface area (TPSA) is 50.8 Å². The van der Waals surface area contributed by atoms with Crippen molar-refractivity contribution in [3.05, 3.63) is 30.3 Å². The van der Waals surface area contributed by atoms with E-state index in [1.165, 1.54) is 19.4 Å². The summed E-state index contributed by atoms with van der Waals surface area (Å²) in [7, 11) is 0. The van der Waals surface area contributed by atoms with Crippen molar-refractivity contribution in [2.75, 3.05) is 32.8 Å². The minimum Gasteiger partial charge on any atom is -0.494 e. The van der Waals surface area contributed by atoms with Gasteiger partial charge in [0, 0.05) is 25.0 Å². The lowest BCUT2D eigenvalue weighted by Gasteiger charge is -2.35. The number of rotatable bonds is 7. The smallest absolute Gasteiger partial charge is 0.223 e. The number of carbonyl (C=O) groups is 1. The molecule has 24 heavy (non-hydrogen) atoms. The van der Waals surface area contributed by atoms with Crippen LogP contribution >= 0.6 is 0 Å². The summed E-state index contributed by atoms with van der Waals surface area (Å²) in [6, 6.07) is 10.3. The molecular formula is C19H28N2O3.